The minimum atomic E-state index is -0.364. The Labute approximate surface area is 138 Å². The van der Waals surface area contributed by atoms with Crippen LogP contribution in [0.15, 0.2) is 24.3 Å². The van der Waals surface area contributed by atoms with Crippen LogP contribution in [0.25, 0.3) is 10.4 Å². The highest BCUT2D eigenvalue weighted by molar-refractivity contribution is 7.19. The molecule has 5 heteroatoms. The lowest BCUT2D eigenvalue weighted by molar-refractivity contribution is 0.149. The van der Waals surface area contributed by atoms with E-state index in [1.54, 1.807) is 12.1 Å². The predicted octanol–water partition coefficient (Wildman–Crippen LogP) is 5.41. The van der Waals surface area contributed by atoms with Gasteiger partial charge in [0.15, 0.2) is 11.6 Å². The van der Waals surface area contributed by atoms with Gasteiger partial charge in [-0.25, -0.2) is 4.39 Å². The number of ether oxygens (including phenoxy) is 1. The molecule has 1 fully saturated rings. The molecule has 1 aromatic carbocycles. The van der Waals surface area contributed by atoms with E-state index in [0.29, 0.717) is 10.1 Å². The number of hydrogen-bond donors (Lipinski definition) is 1. The molecule has 2 nitrogen and oxygen atoms in total. The summed E-state index contributed by atoms with van der Waals surface area (Å²) >= 11 is 7.32. The van der Waals surface area contributed by atoms with Crippen LogP contribution in [-0.2, 0) is 6.61 Å². The summed E-state index contributed by atoms with van der Waals surface area (Å²) in [5.41, 5.74) is 1.43. The van der Waals surface area contributed by atoms with Crippen LogP contribution in [0, 0.1) is 5.82 Å². The summed E-state index contributed by atoms with van der Waals surface area (Å²) in [6.07, 6.45) is 5.66. The molecule has 2 aromatic rings. The van der Waals surface area contributed by atoms with Crippen LogP contribution < -0.4 is 4.74 Å². The minimum absolute atomic E-state index is 0.111. The van der Waals surface area contributed by atoms with Crippen LogP contribution in [-0.4, -0.2) is 11.2 Å². The SMILES string of the molecule is OCc1cc(Cl)sc1-c1ccc(OC2CCCCC2)c(F)c1. The number of hydrogen-bond acceptors (Lipinski definition) is 3. The van der Waals surface area contributed by atoms with Gasteiger partial charge in [-0.1, -0.05) is 18.0 Å². The van der Waals surface area contributed by atoms with Gasteiger partial charge in [-0.15, -0.1) is 11.3 Å². The molecule has 1 aliphatic rings. The van der Waals surface area contributed by atoms with E-state index in [1.165, 1.54) is 23.8 Å². The van der Waals surface area contributed by atoms with Gasteiger partial charge in [-0.3, -0.25) is 0 Å². The van der Waals surface area contributed by atoms with E-state index in [-0.39, 0.29) is 18.5 Å². The van der Waals surface area contributed by atoms with Gasteiger partial charge >= 0.3 is 0 Å². The largest absolute Gasteiger partial charge is 0.487 e. The Kier molecular flexibility index (Phi) is 5.01. The molecule has 0 bridgehead atoms. The van der Waals surface area contributed by atoms with E-state index < -0.39 is 0 Å². The molecule has 0 unspecified atom stereocenters. The summed E-state index contributed by atoms with van der Waals surface area (Å²) in [4.78, 5) is 0.801. The molecule has 0 atom stereocenters. The van der Waals surface area contributed by atoms with Gasteiger partial charge in [0.25, 0.3) is 0 Å². The average molecular weight is 341 g/mol. The topological polar surface area (TPSA) is 29.5 Å². The van der Waals surface area contributed by atoms with Gasteiger partial charge in [0, 0.05) is 4.88 Å². The first-order valence-corrected chi connectivity index (χ1v) is 8.72. The number of thiophene rings is 1. The third-order valence-corrected chi connectivity index (χ3v) is 5.34. The van der Waals surface area contributed by atoms with Crippen LogP contribution in [0.4, 0.5) is 4.39 Å². The van der Waals surface area contributed by atoms with Crippen molar-refractivity contribution >= 4 is 22.9 Å². The zero-order valence-electron chi connectivity index (χ0n) is 12.1. The van der Waals surface area contributed by atoms with Crippen LogP contribution in [0.2, 0.25) is 4.34 Å². The fourth-order valence-corrected chi connectivity index (χ4v) is 4.12. The Morgan fingerprint density at radius 3 is 2.68 bits per heavy atom. The number of aliphatic hydroxyl groups is 1. The monoisotopic (exact) mass is 340 g/mol. The van der Waals surface area contributed by atoms with Crippen molar-refractivity contribution in [3.05, 3.63) is 40.0 Å². The van der Waals surface area contributed by atoms with E-state index in [0.717, 1.165) is 41.7 Å². The third-order valence-electron chi connectivity index (χ3n) is 3.99. The number of rotatable bonds is 4. The second-order valence-electron chi connectivity index (χ2n) is 5.59. The van der Waals surface area contributed by atoms with Crippen LogP contribution in [0.5, 0.6) is 5.75 Å². The maximum absolute atomic E-state index is 14.3. The molecular formula is C17H18ClFO2S. The summed E-state index contributed by atoms with van der Waals surface area (Å²) in [5.74, 6) is -0.0552. The van der Waals surface area contributed by atoms with Crippen molar-refractivity contribution < 1.29 is 14.2 Å². The number of aliphatic hydroxyl groups excluding tert-OH is 1. The van der Waals surface area contributed by atoms with Gasteiger partial charge in [-0.05, 0) is 61.1 Å². The minimum Gasteiger partial charge on any atom is -0.487 e. The second-order valence-corrected chi connectivity index (χ2v) is 7.27. The van der Waals surface area contributed by atoms with Crippen molar-refractivity contribution in [1.29, 1.82) is 0 Å². The maximum atomic E-state index is 14.3. The molecule has 0 aliphatic heterocycles. The predicted molar refractivity (Wildman–Crippen MR) is 88.1 cm³/mol. The van der Waals surface area contributed by atoms with E-state index in [1.807, 2.05) is 6.07 Å². The number of halogens is 2. The Bertz CT molecular complexity index is 650. The van der Waals surface area contributed by atoms with E-state index in [4.69, 9.17) is 16.3 Å². The van der Waals surface area contributed by atoms with Gasteiger partial charge in [0.2, 0.25) is 0 Å². The summed E-state index contributed by atoms with van der Waals surface area (Å²) < 4.78 is 20.7. The van der Waals surface area contributed by atoms with Crippen molar-refractivity contribution in [1.82, 2.24) is 0 Å². The molecule has 1 aliphatic carbocycles. The van der Waals surface area contributed by atoms with Gasteiger partial charge in [-0.2, -0.15) is 0 Å². The Hall–Kier alpha value is -1.10. The summed E-state index contributed by atoms with van der Waals surface area (Å²) in [6, 6.07) is 6.67. The average Bonchev–Trinajstić information content (AvgIpc) is 2.91. The van der Waals surface area contributed by atoms with E-state index in [2.05, 4.69) is 0 Å². The highest BCUT2D eigenvalue weighted by atomic mass is 35.5. The lowest BCUT2D eigenvalue weighted by Crippen LogP contribution is -2.20. The van der Waals surface area contributed by atoms with Crippen molar-refractivity contribution in [3.63, 3.8) is 0 Å². The normalized spacial score (nSPS) is 16.0. The summed E-state index contributed by atoms with van der Waals surface area (Å²) in [7, 11) is 0. The molecule has 1 saturated carbocycles. The maximum Gasteiger partial charge on any atom is 0.165 e. The first-order valence-electron chi connectivity index (χ1n) is 7.53. The lowest BCUT2D eigenvalue weighted by Gasteiger charge is -2.23. The molecular weight excluding hydrogens is 323 g/mol. The molecule has 118 valence electrons. The quantitative estimate of drug-likeness (QED) is 0.806. The van der Waals surface area contributed by atoms with Crippen LogP contribution in [0.3, 0.4) is 0 Å². The highest BCUT2D eigenvalue weighted by Crippen LogP contribution is 2.37. The molecule has 0 amide bonds. The van der Waals surface area contributed by atoms with Crippen LogP contribution in [0.1, 0.15) is 37.7 Å². The smallest absolute Gasteiger partial charge is 0.165 e. The van der Waals surface area contributed by atoms with Crippen LogP contribution >= 0.6 is 22.9 Å². The first-order chi connectivity index (χ1) is 10.7. The van der Waals surface area contributed by atoms with E-state index in [9.17, 15) is 9.50 Å². The molecule has 1 aromatic heterocycles. The van der Waals surface area contributed by atoms with Gasteiger partial charge < -0.3 is 9.84 Å². The van der Waals surface area contributed by atoms with Crippen molar-refractivity contribution in [2.24, 2.45) is 0 Å². The lowest BCUT2D eigenvalue weighted by atomic mass is 9.98. The Morgan fingerprint density at radius 1 is 1.23 bits per heavy atom. The van der Waals surface area contributed by atoms with Gasteiger partial charge in [0.1, 0.15) is 0 Å². The molecule has 0 saturated heterocycles. The highest BCUT2D eigenvalue weighted by Gasteiger charge is 2.18. The fourth-order valence-electron chi connectivity index (χ4n) is 2.86. The van der Waals surface area contributed by atoms with E-state index >= 15 is 0 Å². The molecule has 1 heterocycles. The summed E-state index contributed by atoms with van der Waals surface area (Å²) in [6.45, 7) is -0.111. The third kappa shape index (κ3) is 3.45. The van der Waals surface area contributed by atoms with Crippen molar-refractivity contribution in [2.75, 3.05) is 0 Å². The molecule has 0 radical (unpaired) electrons. The summed E-state index contributed by atoms with van der Waals surface area (Å²) in [5, 5.41) is 9.36. The zero-order valence-corrected chi connectivity index (χ0v) is 13.7. The first kappa shape index (κ1) is 15.8. The van der Waals surface area contributed by atoms with Crippen molar-refractivity contribution in [2.45, 2.75) is 44.8 Å². The second kappa shape index (κ2) is 6.99. The Balaban J connectivity index is 1.82. The number of benzene rings is 1. The van der Waals surface area contributed by atoms with Gasteiger partial charge in [0.05, 0.1) is 17.0 Å². The zero-order chi connectivity index (χ0) is 15.5. The standard InChI is InChI=1S/C17H18ClFO2S/c18-16-9-12(10-20)17(22-16)11-6-7-15(14(19)8-11)21-13-4-2-1-3-5-13/h6-9,13,20H,1-5,10H2. The Morgan fingerprint density at radius 2 is 2.00 bits per heavy atom. The molecule has 1 N–H and O–H groups in total. The molecule has 22 heavy (non-hydrogen) atoms. The van der Waals surface area contributed by atoms with Crippen molar-refractivity contribution in [3.8, 4) is 16.2 Å². The molecule has 3 rings (SSSR count). The molecule has 0 spiro atoms. The fraction of sp³-hybridized carbons (Fsp3) is 0.412.